The smallest absolute Gasteiger partial charge is 0.124 e. The summed E-state index contributed by atoms with van der Waals surface area (Å²) >= 11 is 0. The molecule has 0 aromatic heterocycles. The number of hydrogen-bond donors (Lipinski definition) is 2. The number of rotatable bonds is 7. The molecule has 4 nitrogen and oxygen atoms in total. The number of aryl methyl sites for hydroxylation is 1. The van der Waals surface area contributed by atoms with Crippen LogP contribution in [0, 0.1) is 18.3 Å². The second kappa shape index (κ2) is 6.27. The van der Waals surface area contributed by atoms with E-state index in [4.69, 9.17) is 15.9 Å². The van der Waals surface area contributed by atoms with E-state index in [0.29, 0.717) is 12.6 Å². The molecule has 1 aromatic carbocycles. The normalized spacial score (nSPS) is 15.9. The molecule has 110 valence electrons. The highest BCUT2D eigenvalue weighted by atomic mass is 16.5. The zero-order chi connectivity index (χ0) is 14.7. The van der Waals surface area contributed by atoms with E-state index in [9.17, 15) is 0 Å². The predicted molar refractivity (Wildman–Crippen MR) is 83.6 cm³/mol. The number of benzene rings is 1. The quantitative estimate of drug-likeness (QED) is 0.594. The van der Waals surface area contributed by atoms with Gasteiger partial charge in [0.15, 0.2) is 0 Å². The van der Waals surface area contributed by atoms with Crippen molar-refractivity contribution in [2.45, 2.75) is 32.7 Å². The van der Waals surface area contributed by atoms with Gasteiger partial charge in [0.2, 0.25) is 0 Å². The molecular formula is C16H25N3O. The summed E-state index contributed by atoms with van der Waals surface area (Å²) in [6, 6.07) is 6.45. The van der Waals surface area contributed by atoms with E-state index in [1.165, 1.54) is 18.4 Å². The molecule has 0 heterocycles. The number of nitrogens with two attached hydrogens (primary N) is 1. The van der Waals surface area contributed by atoms with E-state index in [2.05, 4.69) is 24.8 Å². The Morgan fingerprint density at radius 1 is 1.50 bits per heavy atom. The van der Waals surface area contributed by atoms with Gasteiger partial charge in [-0.15, -0.1) is 0 Å². The van der Waals surface area contributed by atoms with Crippen molar-refractivity contribution in [3.63, 3.8) is 0 Å². The number of para-hydroxylation sites is 1. The maximum atomic E-state index is 7.83. The number of nitrogens with one attached hydrogen (secondary N) is 1. The van der Waals surface area contributed by atoms with Gasteiger partial charge in [0.25, 0.3) is 0 Å². The summed E-state index contributed by atoms with van der Waals surface area (Å²) in [4.78, 5) is 2.37. The highest BCUT2D eigenvalue weighted by molar-refractivity contribution is 6.01. The fourth-order valence-electron chi connectivity index (χ4n) is 2.80. The maximum absolute atomic E-state index is 7.83. The average molecular weight is 275 g/mol. The molecule has 4 heteroatoms. The predicted octanol–water partition coefficient (Wildman–Crippen LogP) is 2.53. The third kappa shape index (κ3) is 3.12. The Morgan fingerprint density at radius 2 is 2.20 bits per heavy atom. The van der Waals surface area contributed by atoms with Crippen LogP contribution in [0.5, 0.6) is 0 Å². The van der Waals surface area contributed by atoms with Gasteiger partial charge in [-0.25, -0.2) is 0 Å². The Morgan fingerprint density at radius 3 is 2.75 bits per heavy atom. The zero-order valence-corrected chi connectivity index (χ0v) is 12.6. The van der Waals surface area contributed by atoms with E-state index in [1.807, 2.05) is 12.1 Å². The maximum Gasteiger partial charge on any atom is 0.124 e. The number of hydrogen-bond acceptors (Lipinski definition) is 3. The highest BCUT2D eigenvalue weighted by Crippen LogP contribution is 2.38. The fourth-order valence-corrected chi connectivity index (χ4v) is 2.80. The van der Waals surface area contributed by atoms with Crippen LogP contribution in [0.3, 0.4) is 0 Å². The molecule has 1 saturated carbocycles. The number of anilines is 1. The minimum absolute atomic E-state index is 0.133. The lowest BCUT2D eigenvalue weighted by molar-refractivity contribution is 0.202. The fraction of sp³-hybridized carbons (Fsp3) is 0.562. The molecule has 20 heavy (non-hydrogen) atoms. The summed E-state index contributed by atoms with van der Waals surface area (Å²) in [7, 11) is 1.73. The van der Waals surface area contributed by atoms with Crippen molar-refractivity contribution in [1.29, 1.82) is 5.41 Å². The van der Waals surface area contributed by atoms with Crippen molar-refractivity contribution in [2.24, 2.45) is 11.7 Å². The molecular weight excluding hydrogens is 250 g/mol. The zero-order valence-electron chi connectivity index (χ0n) is 12.6. The molecule has 1 fully saturated rings. The first kappa shape index (κ1) is 14.9. The van der Waals surface area contributed by atoms with Gasteiger partial charge >= 0.3 is 0 Å². The van der Waals surface area contributed by atoms with Crippen molar-refractivity contribution in [2.75, 3.05) is 25.2 Å². The van der Waals surface area contributed by atoms with Crippen LogP contribution in [-0.2, 0) is 4.74 Å². The van der Waals surface area contributed by atoms with Crippen molar-refractivity contribution in [3.05, 3.63) is 29.3 Å². The molecule has 3 N–H and O–H groups in total. The van der Waals surface area contributed by atoms with Gasteiger partial charge in [0, 0.05) is 25.3 Å². The molecule has 1 unspecified atom stereocenters. The van der Waals surface area contributed by atoms with Crippen LogP contribution in [0.2, 0.25) is 0 Å². The highest BCUT2D eigenvalue weighted by Gasteiger charge is 2.33. The molecule has 1 aromatic rings. The Labute approximate surface area is 121 Å². The molecule has 0 radical (unpaired) electrons. The third-order valence-electron chi connectivity index (χ3n) is 4.15. The molecule has 1 atom stereocenters. The number of methoxy groups -OCH3 is 1. The first-order chi connectivity index (χ1) is 9.56. The first-order valence-electron chi connectivity index (χ1n) is 7.25. The second-order valence-electron chi connectivity index (χ2n) is 5.65. The van der Waals surface area contributed by atoms with Crippen LogP contribution in [0.25, 0.3) is 0 Å². The minimum Gasteiger partial charge on any atom is -0.384 e. The van der Waals surface area contributed by atoms with E-state index in [0.717, 1.165) is 23.7 Å². The number of nitrogen functional groups attached to an aromatic ring is 1. The van der Waals surface area contributed by atoms with Gasteiger partial charge in [-0.3, -0.25) is 5.41 Å². The van der Waals surface area contributed by atoms with Crippen LogP contribution in [-0.4, -0.2) is 32.1 Å². The second-order valence-corrected chi connectivity index (χ2v) is 5.65. The van der Waals surface area contributed by atoms with Crippen LogP contribution < -0.4 is 10.6 Å². The Bertz CT molecular complexity index is 483. The SMILES string of the molecule is COCCN(c1c(C)cccc1C(=N)N)C(C)C1CC1. The standard InChI is InChI=1S/C16H25N3O/c1-11-5-4-6-14(16(17)18)15(11)19(9-10-20-3)12(2)13-7-8-13/h4-6,12-13H,7-10H2,1-3H3,(H3,17,18). The molecule has 0 amide bonds. The summed E-state index contributed by atoms with van der Waals surface area (Å²) in [6.07, 6.45) is 2.60. The Hall–Kier alpha value is -1.55. The van der Waals surface area contributed by atoms with Gasteiger partial charge in [-0.05, 0) is 44.2 Å². The van der Waals surface area contributed by atoms with Crippen LogP contribution in [0.15, 0.2) is 18.2 Å². The topological polar surface area (TPSA) is 62.3 Å². The summed E-state index contributed by atoms with van der Waals surface area (Å²) in [5.74, 6) is 0.889. The lowest BCUT2D eigenvalue weighted by Gasteiger charge is -2.34. The molecule has 1 aliphatic carbocycles. The monoisotopic (exact) mass is 275 g/mol. The lowest BCUT2D eigenvalue weighted by Crippen LogP contribution is -2.39. The van der Waals surface area contributed by atoms with Crippen LogP contribution in [0.4, 0.5) is 5.69 Å². The number of ether oxygens (including phenoxy) is 1. The van der Waals surface area contributed by atoms with E-state index in [1.54, 1.807) is 7.11 Å². The van der Waals surface area contributed by atoms with Gasteiger partial charge in [-0.2, -0.15) is 0 Å². The number of nitrogens with zero attached hydrogens (tertiary/aromatic N) is 1. The lowest BCUT2D eigenvalue weighted by atomic mass is 10.0. The van der Waals surface area contributed by atoms with Crippen molar-refractivity contribution in [3.8, 4) is 0 Å². The minimum atomic E-state index is 0.133. The Kier molecular flexibility index (Phi) is 4.65. The first-order valence-corrected chi connectivity index (χ1v) is 7.25. The van der Waals surface area contributed by atoms with Gasteiger partial charge in [0.1, 0.15) is 5.84 Å². The molecule has 2 rings (SSSR count). The molecule has 0 spiro atoms. The van der Waals surface area contributed by atoms with E-state index < -0.39 is 0 Å². The largest absolute Gasteiger partial charge is 0.384 e. The van der Waals surface area contributed by atoms with Crippen LogP contribution >= 0.6 is 0 Å². The van der Waals surface area contributed by atoms with Gasteiger partial charge in [0.05, 0.1) is 12.3 Å². The van der Waals surface area contributed by atoms with Crippen LogP contribution in [0.1, 0.15) is 30.9 Å². The average Bonchev–Trinajstić information content (AvgIpc) is 3.24. The van der Waals surface area contributed by atoms with Crippen molar-refractivity contribution < 1.29 is 4.74 Å². The summed E-state index contributed by atoms with van der Waals surface area (Å²) in [5.41, 5.74) is 8.86. The summed E-state index contributed by atoms with van der Waals surface area (Å²) in [5, 5.41) is 7.83. The van der Waals surface area contributed by atoms with E-state index >= 15 is 0 Å². The van der Waals surface area contributed by atoms with Gasteiger partial charge < -0.3 is 15.4 Å². The number of amidine groups is 1. The molecule has 0 bridgehead atoms. The third-order valence-corrected chi connectivity index (χ3v) is 4.15. The Balaban J connectivity index is 2.38. The summed E-state index contributed by atoms with van der Waals surface area (Å²) in [6.45, 7) is 5.87. The molecule has 0 aliphatic heterocycles. The van der Waals surface area contributed by atoms with Crippen molar-refractivity contribution in [1.82, 2.24) is 0 Å². The van der Waals surface area contributed by atoms with Gasteiger partial charge in [-0.1, -0.05) is 12.1 Å². The van der Waals surface area contributed by atoms with E-state index in [-0.39, 0.29) is 5.84 Å². The summed E-state index contributed by atoms with van der Waals surface area (Å²) < 4.78 is 5.26. The van der Waals surface area contributed by atoms with Crippen molar-refractivity contribution >= 4 is 11.5 Å². The molecule has 1 aliphatic rings. The molecule has 0 saturated heterocycles.